The molecule has 1 N–H and O–H groups in total. The minimum atomic E-state index is -0.512. The van der Waals surface area contributed by atoms with Crippen LogP contribution in [-0.2, 0) is 0 Å². The average Bonchev–Trinajstić information content (AvgIpc) is 2.29. The molecule has 6 heteroatoms. The molecule has 0 spiro atoms. The van der Waals surface area contributed by atoms with Crippen LogP contribution in [0, 0.1) is 0 Å². The number of anilines is 1. The summed E-state index contributed by atoms with van der Waals surface area (Å²) in [6.45, 7) is 0. The molecule has 0 saturated heterocycles. The number of hydrogen-bond donors (Lipinski definition) is 1. The van der Waals surface area contributed by atoms with Gasteiger partial charge in [-0.05, 0) is 18.2 Å². The molecule has 0 bridgehead atoms. The Morgan fingerprint density at radius 3 is 2.76 bits per heavy atom. The third kappa shape index (κ3) is 2.92. The van der Waals surface area contributed by atoms with Crippen molar-refractivity contribution in [3.8, 4) is 0 Å². The summed E-state index contributed by atoms with van der Waals surface area (Å²) < 4.78 is 4.58. The van der Waals surface area contributed by atoms with E-state index in [-0.39, 0.29) is 10.7 Å². The van der Waals surface area contributed by atoms with Gasteiger partial charge in [0.1, 0.15) is 17.2 Å². The van der Waals surface area contributed by atoms with Gasteiger partial charge in [0.05, 0.1) is 5.56 Å². The van der Waals surface area contributed by atoms with Crippen molar-refractivity contribution in [1.82, 2.24) is 4.98 Å². The Bertz CT molecular complexity index is 589. The van der Waals surface area contributed by atoms with E-state index in [1.54, 1.807) is 18.2 Å². The number of carbonyl (C=O) groups excluding carboxylic acids is 1. The second-order valence-electron chi connectivity index (χ2n) is 3.14. The lowest BCUT2D eigenvalue weighted by Gasteiger charge is -2.03. The third-order valence-electron chi connectivity index (χ3n) is 1.92. The van der Waals surface area contributed by atoms with E-state index >= 15 is 0 Å². The standard InChI is InChI=1S/C11H7ClN2O3/c12-8-2-1-3-9(13-8)14-11(16)7-4-5-10(15)17-6-7/h1-6H,(H,13,14,16). The number of nitrogens with zero attached hydrogens (tertiary/aromatic N) is 1. The Morgan fingerprint density at radius 2 is 2.12 bits per heavy atom. The van der Waals surface area contributed by atoms with Gasteiger partial charge >= 0.3 is 5.63 Å². The Hall–Kier alpha value is -2.14. The van der Waals surface area contributed by atoms with Crippen LogP contribution in [0.4, 0.5) is 5.82 Å². The SMILES string of the molecule is O=C(Nc1cccc(Cl)n1)c1ccc(=O)oc1. The minimum absolute atomic E-state index is 0.228. The normalized spacial score (nSPS) is 9.94. The molecule has 5 nitrogen and oxygen atoms in total. The maximum absolute atomic E-state index is 11.7. The van der Waals surface area contributed by atoms with E-state index < -0.39 is 11.5 Å². The van der Waals surface area contributed by atoms with E-state index in [9.17, 15) is 9.59 Å². The first-order chi connectivity index (χ1) is 8.15. The van der Waals surface area contributed by atoms with Crippen LogP contribution in [0.15, 0.2) is 45.8 Å². The molecule has 2 aromatic heterocycles. The van der Waals surface area contributed by atoms with Crippen LogP contribution in [0.2, 0.25) is 5.15 Å². The zero-order valence-electron chi connectivity index (χ0n) is 8.51. The summed E-state index contributed by atoms with van der Waals surface area (Å²) in [5.74, 6) is -0.0998. The van der Waals surface area contributed by atoms with Crippen molar-refractivity contribution in [2.75, 3.05) is 5.32 Å². The molecule has 1 amide bonds. The van der Waals surface area contributed by atoms with Gasteiger partial charge in [-0.15, -0.1) is 0 Å². The summed E-state index contributed by atoms with van der Waals surface area (Å²) in [5, 5.41) is 2.80. The number of rotatable bonds is 2. The summed E-state index contributed by atoms with van der Waals surface area (Å²) >= 11 is 5.67. The molecule has 0 saturated carbocycles. The zero-order valence-corrected chi connectivity index (χ0v) is 9.27. The van der Waals surface area contributed by atoms with Crippen molar-refractivity contribution in [2.24, 2.45) is 0 Å². The van der Waals surface area contributed by atoms with Crippen LogP contribution < -0.4 is 10.9 Å². The van der Waals surface area contributed by atoms with E-state index in [0.717, 1.165) is 6.26 Å². The lowest BCUT2D eigenvalue weighted by atomic mass is 10.3. The summed E-state index contributed by atoms with van der Waals surface area (Å²) in [7, 11) is 0. The van der Waals surface area contributed by atoms with E-state index in [2.05, 4.69) is 14.7 Å². The van der Waals surface area contributed by atoms with Gasteiger partial charge in [0, 0.05) is 6.07 Å². The van der Waals surface area contributed by atoms with Crippen molar-refractivity contribution < 1.29 is 9.21 Å². The van der Waals surface area contributed by atoms with Crippen molar-refractivity contribution >= 4 is 23.3 Å². The fourth-order valence-electron chi connectivity index (χ4n) is 1.15. The third-order valence-corrected chi connectivity index (χ3v) is 2.13. The van der Waals surface area contributed by atoms with E-state index in [0.29, 0.717) is 5.82 Å². The Balaban J connectivity index is 2.17. The number of amides is 1. The predicted octanol–water partition coefficient (Wildman–Crippen LogP) is 1.94. The van der Waals surface area contributed by atoms with E-state index in [1.807, 2.05) is 0 Å². The average molecular weight is 251 g/mol. The highest BCUT2D eigenvalue weighted by atomic mass is 35.5. The first-order valence-electron chi connectivity index (χ1n) is 4.68. The molecule has 17 heavy (non-hydrogen) atoms. The van der Waals surface area contributed by atoms with Gasteiger partial charge in [-0.2, -0.15) is 0 Å². The molecule has 2 rings (SSSR count). The topological polar surface area (TPSA) is 72.2 Å². The largest absolute Gasteiger partial charge is 0.430 e. The second kappa shape index (κ2) is 4.80. The lowest BCUT2D eigenvalue weighted by Crippen LogP contribution is -2.13. The van der Waals surface area contributed by atoms with E-state index in [4.69, 9.17) is 11.6 Å². The smallest absolute Gasteiger partial charge is 0.335 e. The van der Waals surface area contributed by atoms with Crippen LogP contribution in [0.3, 0.4) is 0 Å². The molecule has 0 unspecified atom stereocenters. The highest BCUT2D eigenvalue weighted by Gasteiger charge is 2.07. The van der Waals surface area contributed by atoms with Crippen molar-refractivity contribution in [2.45, 2.75) is 0 Å². The van der Waals surface area contributed by atoms with Crippen molar-refractivity contribution in [3.63, 3.8) is 0 Å². The molecule has 86 valence electrons. The van der Waals surface area contributed by atoms with Gasteiger partial charge in [0.25, 0.3) is 5.91 Å². The number of aromatic nitrogens is 1. The fourth-order valence-corrected chi connectivity index (χ4v) is 1.32. The summed E-state index contributed by atoms with van der Waals surface area (Å²) in [4.78, 5) is 26.3. The van der Waals surface area contributed by atoms with Gasteiger partial charge in [0.2, 0.25) is 0 Å². The molecular formula is C11H7ClN2O3. The number of hydrogen-bond acceptors (Lipinski definition) is 4. The highest BCUT2D eigenvalue weighted by Crippen LogP contribution is 2.10. The molecule has 0 aliphatic heterocycles. The fraction of sp³-hybridized carbons (Fsp3) is 0. The maximum atomic E-state index is 11.7. The Kier molecular flexibility index (Phi) is 3.20. The molecule has 0 fully saturated rings. The summed E-state index contributed by atoms with van der Waals surface area (Å²) in [5.41, 5.74) is -0.284. The number of nitrogens with one attached hydrogen (secondary N) is 1. The highest BCUT2D eigenvalue weighted by molar-refractivity contribution is 6.29. The van der Waals surface area contributed by atoms with Gasteiger partial charge in [-0.25, -0.2) is 9.78 Å². The van der Waals surface area contributed by atoms with Crippen LogP contribution in [-0.4, -0.2) is 10.9 Å². The molecule has 2 aromatic rings. The van der Waals surface area contributed by atoms with Crippen molar-refractivity contribution in [1.29, 1.82) is 0 Å². The number of carbonyl (C=O) groups is 1. The monoisotopic (exact) mass is 250 g/mol. The molecule has 0 radical (unpaired) electrons. The Labute approximate surface area is 101 Å². The molecule has 0 aliphatic carbocycles. The molecule has 0 atom stereocenters. The zero-order chi connectivity index (χ0) is 12.3. The van der Waals surface area contributed by atoms with Gasteiger partial charge < -0.3 is 9.73 Å². The quantitative estimate of drug-likeness (QED) is 0.827. The van der Waals surface area contributed by atoms with Crippen LogP contribution in [0.25, 0.3) is 0 Å². The summed E-state index contributed by atoms with van der Waals surface area (Å²) in [6.07, 6.45) is 1.09. The summed E-state index contributed by atoms with van der Waals surface area (Å²) in [6, 6.07) is 7.39. The maximum Gasteiger partial charge on any atom is 0.335 e. The van der Waals surface area contributed by atoms with Gasteiger partial charge in [-0.3, -0.25) is 4.79 Å². The number of pyridine rings is 1. The minimum Gasteiger partial charge on any atom is -0.430 e. The van der Waals surface area contributed by atoms with Gasteiger partial charge in [-0.1, -0.05) is 17.7 Å². The molecule has 0 aliphatic rings. The molecule has 2 heterocycles. The molecular weight excluding hydrogens is 244 g/mol. The van der Waals surface area contributed by atoms with E-state index in [1.165, 1.54) is 12.1 Å². The first-order valence-corrected chi connectivity index (χ1v) is 5.06. The molecule has 0 aromatic carbocycles. The predicted molar refractivity (Wildman–Crippen MR) is 62.2 cm³/mol. The Morgan fingerprint density at radius 1 is 1.29 bits per heavy atom. The van der Waals surface area contributed by atoms with Crippen LogP contribution in [0.1, 0.15) is 10.4 Å². The lowest BCUT2D eigenvalue weighted by molar-refractivity contribution is 0.102. The van der Waals surface area contributed by atoms with Crippen molar-refractivity contribution in [3.05, 3.63) is 57.7 Å². The van der Waals surface area contributed by atoms with Crippen LogP contribution >= 0.6 is 11.6 Å². The number of halogens is 1. The van der Waals surface area contributed by atoms with Gasteiger partial charge in [0.15, 0.2) is 0 Å². The second-order valence-corrected chi connectivity index (χ2v) is 3.53. The first kappa shape index (κ1) is 11.3. The van der Waals surface area contributed by atoms with Crippen LogP contribution in [0.5, 0.6) is 0 Å².